The highest BCUT2D eigenvalue weighted by Crippen LogP contribution is 2.28. The van der Waals surface area contributed by atoms with E-state index in [4.69, 9.17) is 0 Å². The van der Waals surface area contributed by atoms with Gasteiger partial charge in [-0.15, -0.1) is 0 Å². The third kappa shape index (κ3) is 2.90. The quantitative estimate of drug-likeness (QED) is 0.917. The van der Waals surface area contributed by atoms with Gasteiger partial charge in [-0.05, 0) is 24.8 Å². The second-order valence-electron chi connectivity index (χ2n) is 4.90. The lowest BCUT2D eigenvalue weighted by Crippen LogP contribution is -2.39. The zero-order valence-corrected chi connectivity index (χ0v) is 12.3. The van der Waals surface area contributed by atoms with Crippen LogP contribution in [0, 0.1) is 5.92 Å². The van der Waals surface area contributed by atoms with E-state index >= 15 is 0 Å². The topological polar surface area (TPSA) is 62.3 Å². The minimum atomic E-state index is -3.44. The number of nitrogens with zero attached hydrogens (tertiary/aromatic N) is 2. The van der Waals surface area contributed by atoms with E-state index in [2.05, 4.69) is 17.2 Å². The maximum atomic E-state index is 12.7. The Morgan fingerprint density at radius 3 is 3.00 bits per heavy atom. The van der Waals surface area contributed by atoms with Gasteiger partial charge in [0.2, 0.25) is 10.0 Å². The van der Waals surface area contributed by atoms with E-state index in [0.717, 1.165) is 19.3 Å². The molecular formula is C13H21N3O2S. The molecule has 0 amide bonds. The van der Waals surface area contributed by atoms with Crippen molar-refractivity contribution >= 4 is 15.7 Å². The van der Waals surface area contributed by atoms with E-state index in [1.165, 1.54) is 6.20 Å². The van der Waals surface area contributed by atoms with Crippen molar-refractivity contribution in [1.29, 1.82) is 0 Å². The fourth-order valence-electron chi connectivity index (χ4n) is 2.51. The molecule has 6 heteroatoms. The summed E-state index contributed by atoms with van der Waals surface area (Å²) in [4.78, 5) is 4.22. The number of rotatable bonds is 4. The summed E-state index contributed by atoms with van der Waals surface area (Å²) in [5, 5.41) is 2.92. The standard InChI is InChI=1S/C13H21N3O2S/c1-3-11-5-4-8-16(10-11)19(17,18)13-9-15-7-6-12(13)14-2/h6-7,9,11H,3-5,8,10H2,1-2H3,(H,14,15). The molecule has 1 unspecified atom stereocenters. The van der Waals surface area contributed by atoms with E-state index in [0.29, 0.717) is 24.7 Å². The number of piperidine rings is 1. The van der Waals surface area contributed by atoms with Gasteiger partial charge in [0.15, 0.2) is 0 Å². The van der Waals surface area contributed by atoms with Crippen molar-refractivity contribution in [3.63, 3.8) is 0 Å². The van der Waals surface area contributed by atoms with Crippen molar-refractivity contribution in [2.75, 3.05) is 25.5 Å². The number of hydrogen-bond donors (Lipinski definition) is 1. The number of anilines is 1. The number of hydrogen-bond acceptors (Lipinski definition) is 4. The van der Waals surface area contributed by atoms with Gasteiger partial charge in [-0.25, -0.2) is 8.42 Å². The molecule has 2 rings (SSSR count). The Morgan fingerprint density at radius 1 is 1.53 bits per heavy atom. The molecule has 19 heavy (non-hydrogen) atoms. The summed E-state index contributed by atoms with van der Waals surface area (Å²) in [5.74, 6) is 0.471. The highest BCUT2D eigenvalue weighted by atomic mass is 32.2. The Kier molecular flexibility index (Phi) is 4.42. The van der Waals surface area contributed by atoms with Crippen molar-refractivity contribution in [3.05, 3.63) is 18.5 Å². The Hall–Kier alpha value is -1.14. The van der Waals surface area contributed by atoms with Crippen molar-refractivity contribution < 1.29 is 8.42 Å². The van der Waals surface area contributed by atoms with Crippen molar-refractivity contribution in [2.45, 2.75) is 31.1 Å². The molecule has 1 N–H and O–H groups in total. The number of sulfonamides is 1. The van der Waals surface area contributed by atoms with Gasteiger partial charge >= 0.3 is 0 Å². The second kappa shape index (κ2) is 5.88. The lowest BCUT2D eigenvalue weighted by Gasteiger charge is -2.31. The van der Waals surface area contributed by atoms with Crippen LogP contribution in [0.2, 0.25) is 0 Å². The lowest BCUT2D eigenvalue weighted by molar-refractivity contribution is 0.261. The highest BCUT2D eigenvalue weighted by molar-refractivity contribution is 7.89. The summed E-state index contributed by atoms with van der Waals surface area (Å²) in [6.45, 7) is 3.34. The Balaban J connectivity index is 2.31. The summed E-state index contributed by atoms with van der Waals surface area (Å²) in [6.07, 6.45) is 6.10. The minimum Gasteiger partial charge on any atom is -0.387 e. The van der Waals surface area contributed by atoms with Gasteiger partial charge in [0.1, 0.15) is 4.90 Å². The molecule has 0 saturated carbocycles. The van der Waals surface area contributed by atoms with Gasteiger partial charge in [0.25, 0.3) is 0 Å². The van der Waals surface area contributed by atoms with Gasteiger partial charge in [-0.1, -0.05) is 13.3 Å². The normalized spacial score (nSPS) is 21.3. The predicted molar refractivity (Wildman–Crippen MR) is 75.6 cm³/mol. The molecule has 0 aliphatic carbocycles. The highest BCUT2D eigenvalue weighted by Gasteiger charge is 2.31. The first-order valence-corrected chi connectivity index (χ1v) is 8.15. The van der Waals surface area contributed by atoms with E-state index in [-0.39, 0.29) is 4.90 Å². The summed E-state index contributed by atoms with van der Waals surface area (Å²) in [7, 11) is -1.72. The smallest absolute Gasteiger partial charge is 0.246 e. The van der Waals surface area contributed by atoms with E-state index < -0.39 is 10.0 Å². The number of aromatic nitrogens is 1. The van der Waals surface area contributed by atoms with Crippen LogP contribution in [0.3, 0.4) is 0 Å². The molecule has 1 aromatic rings. The average molecular weight is 283 g/mol. The molecule has 0 spiro atoms. The molecule has 1 saturated heterocycles. The third-order valence-electron chi connectivity index (χ3n) is 3.73. The molecule has 106 valence electrons. The Morgan fingerprint density at radius 2 is 2.32 bits per heavy atom. The first-order valence-electron chi connectivity index (χ1n) is 6.71. The fourth-order valence-corrected chi connectivity index (χ4v) is 4.21. The molecule has 1 aliphatic rings. The first-order chi connectivity index (χ1) is 9.09. The molecule has 1 aromatic heterocycles. The van der Waals surface area contributed by atoms with Crippen LogP contribution in [0.4, 0.5) is 5.69 Å². The lowest BCUT2D eigenvalue weighted by atomic mass is 9.97. The van der Waals surface area contributed by atoms with E-state index in [1.54, 1.807) is 23.6 Å². The van der Waals surface area contributed by atoms with Crippen LogP contribution in [0.5, 0.6) is 0 Å². The van der Waals surface area contributed by atoms with Crippen LogP contribution in [0.1, 0.15) is 26.2 Å². The van der Waals surface area contributed by atoms with E-state index in [9.17, 15) is 8.42 Å². The second-order valence-corrected chi connectivity index (χ2v) is 6.81. The van der Waals surface area contributed by atoms with Gasteiger partial charge in [-0.3, -0.25) is 4.98 Å². The van der Waals surface area contributed by atoms with Crippen LogP contribution >= 0.6 is 0 Å². The summed E-state index contributed by atoms with van der Waals surface area (Å²) < 4.78 is 26.9. The van der Waals surface area contributed by atoms with Crippen LogP contribution in [0.15, 0.2) is 23.4 Å². The molecule has 5 nitrogen and oxygen atoms in total. The van der Waals surface area contributed by atoms with Crippen molar-refractivity contribution in [1.82, 2.24) is 9.29 Å². The summed E-state index contributed by atoms with van der Waals surface area (Å²) in [5.41, 5.74) is 0.605. The van der Waals surface area contributed by atoms with Gasteiger partial charge in [0.05, 0.1) is 5.69 Å². The minimum absolute atomic E-state index is 0.272. The number of pyridine rings is 1. The fraction of sp³-hybridized carbons (Fsp3) is 0.615. The molecule has 1 aliphatic heterocycles. The van der Waals surface area contributed by atoms with Crippen LogP contribution < -0.4 is 5.32 Å². The number of nitrogens with one attached hydrogen (secondary N) is 1. The Bertz CT molecular complexity index is 530. The molecule has 2 heterocycles. The Labute approximate surface area is 115 Å². The SMILES string of the molecule is CCC1CCCN(S(=O)(=O)c2cnccc2NC)C1. The molecule has 0 radical (unpaired) electrons. The largest absolute Gasteiger partial charge is 0.387 e. The van der Waals surface area contributed by atoms with Crippen molar-refractivity contribution in [3.8, 4) is 0 Å². The van der Waals surface area contributed by atoms with E-state index in [1.807, 2.05) is 0 Å². The molecule has 1 atom stereocenters. The van der Waals surface area contributed by atoms with Gasteiger partial charge in [0, 0.05) is 32.5 Å². The monoisotopic (exact) mass is 283 g/mol. The molecular weight excluding hydrogens is 262 g/mol. The predicted octanol–water partition coefficient (Wildman–Crippen LogP) is 1.93. The third-order valence-corrected chi connectivity index (χ3v) is 5.62. The zero-order valence-electron chi connectivity index (χ0n) is 11.5. The molecule has 0 aromatic carbocycles. The average Bonchev–Trinajstić information content (AvgIpc) is 2.47. The molecule has 1 fully saturated rings. The van der Waals surface area contributed by atoms with Crippen molar-refractivity contribution in [2.24, 2.45) is 5.92 Å². The van der Waals surface area contributed by atoms with Gasteiger partial charge in [-0.2, -0.15) is 4.31 Å². The first kappa shape index (κ1) is 14.3. The van der Waals surface area contributed by atoms with Crippen LogP contribution in [-0.4, -0.2) is 37.8 Å². The maximum absolute atomic E-state index is 12.7. The summed E-state index contributed by atoms with van der Waals surface area (Å²) >= 11 is 0. The van der Waals surface area contributed by atoms with Crippen LogP contribution in [-0.2, 0) is 10.0 Å². The van der Waals surface area contributed by atoms with Crippen LogP contribution in [0.25, 0.3) is 0 Å². The summed E-state index contributed by atoms with van der Waals surface area (Å²) in [6, 6.07) is 1.69. The molecule has 0 bridgehead atoms. The van der Waals surface area contributed by atoms with Gasteiger partial charge < -0.3 is 5.32 Å². The zero-order chi connectivity index (χ0) is 13.9. The maximum Gasteiger partial charge on any atom is 0.246 e.